The SMILES string of the molecule is CN1N=C2CCN(C(=O)[C@@H](COc3cccc(C(F)(F)F)n3)C(C)(C)C(N)=O)C[C@@]2(Cc2ccccc2)C1=O. The van der Waals surface area contributed by atoms with Gasteiger partial charge in [0.15, 0.2) is 0 Å². The molecule has 9 nitrogen and oxygen atoms in total. The number of hydrogen-bond donors (Lipinski definition) is 1. The molecule has 1 aromatic heterocycles. The maximum absolute atomic E-state index is 13.9. The summed E-state index contributed by atoms with van der Waals surface area (Å²) in [5, 5.41) is 5.73. The summed E-state index contributed by atoms with van der Waals surface area (Å²) in [5.74, 6) is -3.03. The Morgan fingerprint density at radius 1 is 1.13 bits per heavy atom. The Balaban J connectivity index is 1.62. The molecule has 1 fully saturated rings. The van der Waals surface area contributed by atoms with Crippen LogP contribution in [0.1, 0.15) is 31.5 Å². The summed E-state index contributed by atoms with van der Waals surface area (Å²) in [6.45, 7) is 2.77. The van der Waals surface area contributed by atoms with Crippen LogP contribution in [0.15, 0.2) is 53.6 Å². The lowest BCUT2D eigenvalue weighted by Crippen LogP contribution is -2.58. The third kappa shape index (κ3) is 5.45. The number of benzene rings is 1. The Bertz CT molecular complexity index is 1300. The van der Waals surface area contributed by atoms with Crippen molar-refractivity contribution in [1.82, 2.24) is 14.9 Å². The third-order valence-corrected chi connectivity index (χ3v) is 7.48. The van der Waals surface area contributed by atoms with Crippen LogP contribution in [0.4, 0.5) is 13.2 Å². The molecule has 208 valence electrons. The zero-order valence-electron chi connectivity index (χ0n) is 21.9. The maximum Gasteiger partial charge on any atom is 0.433 e. The van der Waals surface area contributed by atoms with E-state index in [2.05, 4.69) is 10.1 Å². The zero-order chi connectivity index (χ0) is 28.6. The van der Waals surface area contributed by atoms with Gasteiger partial charge in [0.25, 0.3) is 5.91 Å². The smallest absolute Gasteiger partial charge is 0.433 e. The third-order valence-electron chi connectivity index (χ3n) is 7.48. The minimum Gasteiger partial charge on any atom is -0.477 e. The summed E-state index contributed by atoms with van der Waals surface area (Å²) in [6, 6.07) is 12.6. The quantitative estimate of drug-likeness (QED) is 0.547. The van der Waals surface area contributed by atoms with E-state index >= 15 is 0 Å². The van der Waals surface area contributed by atoms with E-state index in [0.29, 0.717) is 18.6 Å². The molecule has 1 saturated heterocycles. The molecule has 2 atom stereocenters. The first-order chi connectivity index (χ1) is 18.3. The van der Waals surface area contributed by atoms with Gasteiger partial charge in [-0.15, -0.1) is 0 Å². The molecular formula is C27H30F3N5O4. The van der Waals surface area contributed by atoms with Crippen LogP contribution >= 0.6 is 0 Å². The van der Waals surface area contributed by atoms with Crippen molar-refractivity contribution in [2.75, 3.05) is 26.7 Å². The van der Waals surface area contributed by atoms with Crippen LogP contribution in [-0.2, 0) is 27.0 Å². The van der Waals surface area contributed by atoms with Gasteiger partial charge in [-0.25, -0.2) is 9.99 Å². The summed E-state index contributed by atoms with van der Waals surface area (Å²) in [7, 11) is 1.57. The highest BCUT2D eigenvalue weighted by molar-refractivity contribution is 6.13. The standard InChI is InChI=1S/C27H30F3N5O4/c1-25(2,23(31)37)18(15-39-21-11-7-10-20(32-21)27(28,29)30)22(36)35-13-12-19-26(16-35,24(38)34(3)33-19)14-17-8-5-4-6-9-17/h4-11,18H,12-16H2,1-3H3,(H2,31,37)/t18-,26-/m1/s1. The maximum atomic E-state index is 13.9. The molecule has 0 bridgehead atoms. The van der Waals surface area contributed by atoms with Crippen molar-refractivity contribution in [2.24, 2.45) is 27.6 Å². The molecular weight excluding hydrogens is 515 g/mol. The van der Waals surface area contributed by atoms with Gasteiger partial charge in [0.05, 0.1) is 17.0 Å². The fraction of sp³-hybridized carbons (Fsp3) is 0.444. The molecule has 4 rings (SSSR count). The molecule has 2 aliphatic rings. The van der Waals surface area contributed by atoms with E-state index in [4.69, 9.17) is 10.5 Å². The van der Waals surface area contributed by atoms with Gasteiger partial charge >= 0.3 is 6.18 Å². The number of rotatable bonds is 8. The monoisotopic (exact) mass is 545 g/mol. The summed E-state index contributed by atoms with van der Waals surface area (Å²) >= 11 is 0. The van der Waals surface area contributed by atoms with Gasteiger partial charge in [-0.1, -0.05) is 50.2 Å². The van der Waals surface area contributed by atoms with E-state index in [-0.39, 0.29) is 24.9 Å². The van der Waals surface area contributed by atoms with Crippen molar-refractivity contribution in [3.05, 3.63) is 59.8 Å². The second-order valence-corrected chi connectivity index (χ2v) is 10.4. The lowest BCUT2D eigenvalue weighted by Gasteiger charge is -2.42. The lowest BCUT2D eigenvalue weighted by molar-refractivity contribution is -0.150. The summed E-state index contributed by atoms with van der Waals surface area (Å²) in [4.78, 5) is 44.7. The Hall–Kier alpha value is -3.96. The number of likely N-dealkylation sites (tertiary alicyclic amines) is 1. The van der Waals surface area contributed by atoms with Gasteiger partial charge in [0.1, 0.15) is 17.7 Å². The number of primary amides is 1. The predicted molar refractivity (Wildman–Crippen MR) is 135 cm³/mol. The topological polar surface area (TPSA) is 118 Å². The highest BCUT2D eigenvalue weighted by Crippen LogP contribution is 2.40. The molecule has 0 spiro atoms. The molecule has 0 unspecified atom stereocenters. The van der Waals surface area contributed by atoms with Crippen LogP contribution < -0.4 is 10.5 Å². The molecule has 3 amide bonds. The number of carbonyl (C=O) groups excluding carboxylic acids is 3. The van der Waals surface area contributed by atoms with Crippen molar-refractivity contribution in [2.45, 2.75) is 32.9 Å². The van der Waals surface area contributed by atoms with Crippen LogP contribution in [-0.4, -0.2) is 65.1 Å². The highest BCUT2D eigenvalue weighted by atomic mass is 19.4. The predicted octanol–water partition coefficient (Wildman–Crippen LogP) is 2.90. The van der Waals surface area contributed by atoms with Gasteiger partial charge < -0.3 is 15.4 Å². The van der Waals surface area contributed by atoms with Crippen molar-refractivity contribution >= 4 is 23.4 Å². The van der Waals surface area contributed by atoms with Crippen LogP contribution in [0.5, 0.6) is 5.88 Å². The summed E-state index contributed by atoms with van der Waals surface area (Å²) in [5.41, 5.74) is 3.57. The van der Waals surface area contributed by atoms with E-state index in [1.54, 1.807) is 7.05 Å². The number of aromatic nitrogens is 1. The minimum absolute atomic E-state index is 0.0237. The van der Waals surface area contributed by atoms with Crippen LogP contribution in [0.2, 0.25) is 0 Å². The van der Waals surface area contributed by atoms with Gasteiger partial charge in [-0.05, 0) is 18.1 Å². The number of carbonyl (C=O) groups is 3. The number of halogens is 3. The summed E-state index contributed by atoms with van der Waals surface area (Å²) in [6.07, 6.45) is -4.01. The van der Waals surface area contributed by atoms with E-state index in [1.807, 2.05) is 30.3 Å². The fourth-order valence-corrected chi connectivity index (χ4v) is 5.02. The number of pyridine rings is 1. The van der Waals surface area contributed by atoms with Crippen molar-refractivity contribution < 1.29 is 32.3 Å². The van der Waals surface area contributed by atoms with Crippen LogP contribution in [0.25, 0.3) is 0 Å². The van der Waals surface area contributed by atoms with Gasteiger partial charge in [-0.2, -0.15) is 18.3 Å². The second-order valence-electron chi connectivity index (χ2n) is 10.4. The average Bonchev–Trinajstić information content (AvgIpc) is 3.13. The number of hydrazone groups is 1. The molecule has 0 saturated carbocycles. The number of nitrogens with two attached hydrogens (primary N) is 1. The molecule has 0 aliphatic carbocycles. The van der Waals surface area contributed by atoms with E-state index in [0.717, 1.165) is 17.7 Å². The number of fused-ring (bicyclic) bond motifs is 1. The first-order valence-corrected chi connectivity index (χ1v) is 12.4. The van der Waals surface area contributed by atoms with Crippen molar-refractivity contribution in [3.63, 3.8) is 0 Å². The molecule has 12 heteroatoms. The van der Waals surface area contributed by atoms with Crippen molar-refractivity contribution in [1.29, 1.82) is 0 Å². The molecule has 2 aliphatic heterocycles. The number of nitrogens with zero attached hydrogens (tertiary/aromatic N) is 4. The average molecular weight is 546 g/mol. The molecule has 2 aromatic rings. The van der Waals surface area contributed by atoms with Gasteiger partial charge in [0.2, 0.25) is 17.7 Å². The Morgan fingerprint density at radius 2 is 1.82 bits per heavy atom. The van der Waals surface area contributed by atoms with E-state index in [9.17, 15) is 27.6 Å². The Kier molecular flexibility index (Phi) is 7.42. The fourth-order valence-electron chi connectivity index (χ4n) is 5.02. The van der Waals surface area contributed by atoms with E-state index < -0.39 is 47.0 Å². The van der Waals surface area contributed by atoms with Crippen molar-refractivity contribution in [3.8, 4) is 5.88 Å². The van der Waals surface area contributed by atoms with Crippen LogP contribution in [0.3, 0.4) is 0 Å². The lowest BCUT2D eigenvalue weighted by atomic mass is 9.72. The number of piperidine rings is 1. The zero-order valence-corrected chi connectivity index (χ0v) is 21.9. The second kappa shape index (κ2) is 10.3. The summed E-state index contributed by atoms with van der Waals surface area (Å²) < 4.78 is 44.9. The number of alkyl halides is 3. The van der Waals surface area contributed by atoms with E-state index in [1.165, 1.54) is 29.8 Å². The van der Waals surface area contributed by atoms with Gasteiger partial charge in [-0.3, -0.25) is 14.4 Å². The Morgan fingerprint density at radius 3 is 2.46 bits per heavy atom. The molecule has 3 heterocycles. The normalized spacial score (nSPS) is 20.4. The first-order valence-electron chi connectivity index (χ1n) is 12.4. The molecule has 39 heavy (non-hydrogen) atoms. The largest absolute Gasteiger partial charge is 0.477 e. The molecule has 1 aromatic carbocycles. The molecule has 0 radical (unpaired) electrons. The highest BCUT2D eigenvalue weighted by Gasteiger charge is 2.55. The molecule has 2 N–H and O–H groups in total. The van der Waals surface area contributed by atoms with Gasteiger partial charge in [0, 0.05) is 32.6 Å². The minimum atomic E-state index is -4.68. The number of amides is 3. The van der Waals surface area contributed by atoms with Crippen LogP contribution in [0, 0.1) is 16.7 Å². The number of ether oxygens (including phenoxy) is 1. The number of hydrogen-bond acceptors (Lipinski definition) is 6. The Labute approximate surface area is 223 Å². The first kappa shape index (κ1) is 28.1.